The van der Waals surface area contributed by atoms with Gasteiger partial charge in [0, 0.05) is 32.2 Å². The molecular formula is C20H37N7. The molecule has 2 fully saturated rings. The zero-order valence-electron chi connectivity index (χ0n) is 17.4. The molecule has 0 atom stereocenters. The predicted octanol–water partition coefficient (Wildman–Crippen LogP) is 2.37. The van der Waals surface area contributed by atoms with E-state index in [-0.39, 0.29) is 0 Å². The lowest BCUT2D eigenvalue weighted by atomic mass is 10.0. The summed E-state index contributed by atoms with van der Waals surface area (Å²) < 4.78 is 2.02. The largest absolute Gasteiger partial charge is 0.354 e. The second-order valence-corrected chi connectivity index (χ2v) is 8.13. The highest BCUT2D eigenvalue weighted by Crippen LogP contribution is 2.18. The summed E-state index contributed by atoms with van der Waals surface area (Å²) in [7, 11) is 2.00. The van der Waals surface area contributed by atoms with E-state index in [1.54, 1.807) is 0 Å². The van der Waals surface area contributed by atoms with Crippen LogP contribution in [0.15, 0.2) is 4.99 Å². The van der Waals surface area contributed by atoms with E-state index in [2.05, 4.69) is 32.7 Å². The Kier molecular flexibility index (Phi) is 7.50. The van der Waals surface area contributed by atoms with Crippen molar-refractivity contribution in [2.24, 2.45) is 12.0 Å². The van der Waals surface area contributed by atoms with Gasteiger partial charge in [0.05, 0.1) is 0 Å². The fraction of sp³-hybridized carbons (Fsp3) is 0.850. The second-order valence-electron chi connectivity index (χ2n) is 8.13. The van der Waals surface area contributed by atoms with Crippen molar-refractivity contribution in [1.82, 2.24) is 30.3 Å². The van der Waals surface area contributed by atoms with Crippen LogP contribution < -0.4 is 10.6 Å². The Labute approximate surface area is 164 Å². The van der Waals surface area contributed by atoms with Crippen molar-refractivity contribution < 1.29 is 0 Å². The fourth-order valence-electron chi connectivity index (χ4n) is 4.01. The van der Waals surface area contributed by atoms with Crippen molar-refractivity contribution in [3.8, 4) is 0 Å². The first-order chi connectivity index (χ1) is 13.2. The van der Waals surface area contributed by atoms with Gasteiger partial charge in [-0.2, -0.15) is 0 Å². The number of aryl methyl sites for hydroxylation is 1. The zero-order valence-corrected chi connectivity index (χ0v) is 17.4. The van der Waals surface area contributed by atoms with Crippen LogP contribution >= 0.6 is 0 Å². The smallest absolute Gasteiger partial charge is 0.192 e. The molecule has 1 saturated carbocycles. The molecular weight excluding hydrogens is 338 g/mol. The quantitative estimate of drug-likeness (QED) is 0.566. The highest BCUT2D eigenvalue weighted by molar-refractivity contribution is 5.80. The Morgan fingerprint density at radius 1 is 1.07 bits per heavy atom. The van der Waals surface area contributed by atoms with E-state index in [1.807, 2.05) is 18.5 Å². The molecule has 1 aliphatic heterocycles. The number of unbranched alkanes of at least 4 members (excludes halogenated alkanes) is 1. The van der Waals surface area contributed by atoms with Crippen molar-refractivity contribution in [3.63, 3.8) is 0 Å². The van der Waals surface area contributed by atoms with Gasteiger partial charge in [-0.1, -0.05) is 26.2 Å². The van der Waals surface area contributed by atoms with E-state index in [1.165, 1.54) is 71.0 Å². The first kappa shape index (κ1) is 20.1. The van der Waals surface area contributed by atoms with Crippen LogP contribution in [0.4, 0.5) is 0 Å². The van der Waals surface area contributed by atoms with Crippen LogP contribution in [-0.2, 0) is 13.6 Å². The number of likely N-dealkylation sites (tertiary alicyclic amines) is 1. The van der Waals surface area contributed by atoms with Gasteiger partial charge in [0.1, 0.15) is 12.4 Å². The summed E-state index contributed by atoms with van der Waals surface area (Å²) in [6.45, 7) is 8.44. The van der Waals surface area contributed by atoms with Crippen LogP contribution in [0.1, 0.15) is 69.9 Å². The molecule has 1 saturated heterocycles. The van der Waals surface area contributed by atoms with Crippen LogP contribution in [0.2, 0.25) is 0 Å². The van der Waals surface area contributed by atoms with Gasteiger partial charge in [0.15, 0.2) is 11.8 Å². The van der Waals surface area contributed by atoms with Gasteiger partial charge >= 0.3 is 0 Å². The summed E-state index contributed by atoms with van der Waals surface area (Å²) in [6, 6.07) is 1.07. The van der Waals surface area contributed by atoms with Gasteiger partial charge in [-0.15, -0.1) is 10.2 Å². The average Bonchev–Trinajstić information content (AvgIpc) is 3.30. The van der Waals surface area contributed by atoms with E-state index >= 15 is 0 Å². The number of hydrogen-bond acceptors (Lipinski definition) is 4. The van der Waals surface area contributed by atoms with Crippen molar-refractivity contribution in [3.05, 3.63) is 11.6 Å². The third-order valence-corrected chi connectivity index (χ3v) is 6.01. The fourth-order valence-corrected chi connectivity index (χ4v) is 4.01. The topological polar surface area (TPSA) is 70.4 Å². The van der Waals surface area contributed by atoms with Crippen LogP contribution in [-0.4, -0.2) is 57.3 Å². The minimum Gasteiger partial charge on any atom is -0.354 e. The number of guanidine groups is 1. The van der Waals surface area contributed by atoms with E-state index in [4.69, 9.17) is 4.99 Å². The van der Waals surface area contributed by atoms with Crippen molar-refractivity contribution in [2.45, 2.75) is 83.8 Å². The van der Waals surface area contributed by atoms with E-state index < -0.39 is 0 Å². The molecule has 1 aromatic rings. The number of piperidine rings is 1. The van der Waals surface area contributed by atoms with Crippen molar-refractivity contribution in [1.29, 1.82) is 0 Å². The number of aliphatic imine (C=N–C) groups is 1. The van der Waals surface area contributed by atoms with Gasteiger partial charge in [0.25, 0.3) is 0 Å². The van der Waals surface area contributed by atoms with Crippen molar-refractivity contribution >= 4 is 5.96 Å². The molecule has 0 spiro atoms. The Morgan fingerprint density at radius 2 is 1.74 bits per heavy atom. The molecule has 3 rings (SSSR count). The number of hydrogen-bond donors (Lipinski definition) is 2. The Morgan fingerprint density at radius 3 is 2.33 bits per heavy atom. The summed E-state index contributed by atoms with van der Waals surface area (Å²) in [4.78, 5) is 7.45. The molecule has 2 heterocycles. The normalized spacial score (nSPS) is 20.3. The molecule has 2 N–H and O–H groups in total. The molecule has 2 aliphatic rings. The Hall–Kier alpha value is -1.63. The second kappa shape index (κ2) is 10.1. The summed E-state index contributed by atoms with van der Waals surface area (Å²) in [5.74, 6) is 2.79. The maximum Gasteiger partial charge on any atom is 0.192 e. The molecule has 7 nitrogen and oxygen atoms in total. The van der Waals surface area contributed by atoms with Gasteiger partial charge in [-0.05, 0) is 45.6 Å². The molecule has 0 bridgehead atoms. The van der Waals surface area contributed by atoms with Crippen LogP contribution in [0.5, 0.6) is 0 Å². The number of nitrogens with one attached hydrogen (secondary N) is 2. The lowest BCUT2D eigenvalue weighted by molar-refractivity contribution is 0.203. The van der Waals surface area contributed by atoms with E-state index in [0.29, 0.717) is 18.6 Å². The molecule has 1 aromatic heterocycles. The lowest BCUT2D eigenvalue weighted by Gasteiger charge is -2.33. The molecule has 0 aromatic carbocycles. The highest BCUT2D eigenvalue weighted by atomic mass is 15.3. The number of nitrogens with zero attached hydrogens (tertiary/aromatic N) is 5. The first-order valence-electron chi connectivity index (χ1n) is 10.8. The minimum atomic E-state index is 0.511. The van der Waals surface area contributed by atoms with Gasteiger partial charge < -0.3 is 20.1 Å². The third kappa shape index (κ3) is 5.92. The molecule has 1 aliphatic carbocycles. The van der Waals surface area contributed by atoms with Crippen LogP contribution in [0.25, 0.3) is 0 Å². The van der Waals surface area contributed by atoms with Gasteiger partial charge in [-0.3, -0.25) is 0 Å². The van der Waals surface area contributed by atoms with Crippen LogP contribution in [0, 0.1) is 6.92 Å². The molecule has 7 heteroatoms. The number of rotatable bonds is 7. The Balaban J connectivity index is 1.56. The molecule has 27 heavy (non-hydrogen) atoms. The van der Waals surface area contributed by atoms with Crippen LogP contribution in [0.3, 0.4) is 0 Å². The highest BCUT2D eigenvalue weighted by Gasteiger charge is 2.22. The van der Waals surface area contributed by atoms with Gasteiger partial charge in [-0.25, -0.2) is 4.99 Å². The van der Waals surface area contributed by atoms with Gasteiger partial charge in [0.2, 0.25) is 0 Å². The standard InChI is InChI=1S/C20H37N7/c1-4-5-12-27-13-10-18(11-14-27)23-20(22-17-8-6-7-9-17)21-15-19-25-24-16(2)26(19)3/h17-18H,4-15H2,1-3H3,(H2,21,22,23). The summed E-state index contributed by atoms with van der Waals surface area (Å²) in [5, 5.41) is 15.8. The average molecular weight is 376 g/mol. The molecule has 152 valence electrons. The number of aromatic nitrogens is 3. The summed E-state index contributed by atoms with van der Waals surface area (Å²) >= 11 is 0. The summed E-state index contributed by atoms with van der Waals surface area (Å²) in [6.07, 6.45) is 10.1. The monoisotopic (exact) mass is 375 g/mol. The van der Waals surface area contributed by atoms with E-state index in [0.717, 1.165) is 17.6 Å². The summed E-state index contributed by atoms with van der Waals surface area (Å²) in [5.41, 5.74) is 0. The lowest BCUT2D eigenvalue weighted by Crippen LogP contribution is -2.50. The molecule has 0 unspecified atom stereocenters. The van der Waals surface area contributed by atoms with E-state index in [9.17, 15) is 0 Å². The molecule has 0 radical (unpaired) electrons. The molecule has 0 amide bonds. The SMILES string of the molecule is CCCCN1CCC(NC(=NCc2nnc(C)n2C)NC2CCCC2)CC1. The third-order valence-electron chi connectivity index (χ3n) is 6.01. The maximum absolute atomic E-state index is 4.85. The minimum absolute atomic E-state index is 0.511. The zero-order chi connectivity index (χ0) is 19.1. The first-order valence-corrected chi connectivity index (χ1v) is 10.8. The predicted molar refractivity (Wildman–Crippen MR) is 110 cm³/mol. The Bertz CT molecular complexity index is 595. The van der Waals surface area contributed by atoms with Crippen molar-refractivity contribution in [2.75, 3.05) is 19.6 Å². The maximum atomic E-state index is 4.85.